The number of carboxylic acids is 1. The molecule has 0 unspecified atom stereocenters. The van der Waals surface area contributed by atoms with Gasteiger partial charge in [-0.1, -0.05) is 0 Å². The van der Waals surface area contributed by atoms with Gasteiger partial charge in [0.1, 0.15) is 12.3 Å². The van der Waals surface area contributed by atoms with Crippen LogP contribution in [0.1, 0.15) is 6.92 Å². The average molecular weight is 309 g/mol. The lowest BCUT2D eigenvalue weighted by Gasteiger charge is -2.19. The predicted molar refractivity (Wildman–Crippen MR) is 80.4 cm³/mol. The second-order valence-electron chi connectivity index (χ2n) is 4.16. The standard InChI is InChI=1S/C14H15NO5S/c1-3-20-14(18)15(7-13(16)17)11-8-21-12-5-4-9(19-2)6-10(11)12/h4-6,8H,3,7H2,1-2H3,(H,16,17). The third-order valence-electron chi connectivity index (χ3n) is 2.83. The highest BCUT2D eigenvalue weighted by Crippen LogP contribution is 2.35. The molecule has 2 aromatic rings. The topological polar surface area (TPSA) is 76.1 Å². The molecule has 0 saturated heterocycles. The highest BCUT2D eigenvalue weighted by molar-refractivity contribution is 7.17. The van der Waals surface area contributed by atoms with E-state index in [4.69, 9.17) is 14.6 Å². The number of hydrogen-bond acceptors (Lipinski definition) is 5. The summed E-state index contributed by atoms with van der Waals surface area (Å²) in [4.78, 5) is 24.1. The number of carbonyl (C=O) groups is 2. The molecule has 1 aromatic carbocycles. The first-order chi connectivity index (χ1) is 10.1. The Bertz CT molecular complexity index is 666. The molecule has 0 spiro atoms. The SMILES string of the molecule is CCOC(=O)N(CC(=O)O)c1csc2ccc(OC)cc12. The first-order valence-electron chi connectivity index (χ1n) is 6.28. The van der Waals surface area contributed by atoms with Crippen molar-refractivity contribution in [3.8, 4) is 5.75 Å². The minimum Gasteiger partial charge on any atom is -0.497 e. The number of thiophene rings is 1. The Balaban J connectivity index is 2.47. The maximum atomic E-state index is 12.0. The van der Waals surface area contributed by atoms with Crippen molar-refractivity contribution in [2.45, 2.75) is 6.92 Å². The second kappa shape index (κ2) is 6.45. The van der Waals surface area contributed by atoms with Crippen LogP contribution in [0, 0.1) is 0 Å². The van der Waals surface area contributed by atoms with Crippen molar-refractivity contribution in [3.05, 3.63) is 23.6 Å². The van der Waals surface area contributed by atoms with Crippen LogP contribution in [0.5, 0.6) is 5.75 Å². The largest absolute Gasteiger partial charge is 0.497 e. The Hall–Kier alpha value is -2.28. The van der Waals surface area contributed by atoms with E-state index in [0.717, 1.165) is 15.0 Å². The van der Waals surface area contributed by atoms with Gasteiger partial charge in [0.25, 0.3) is 0 Å². The van der Waals surface area contributed by atoms with Gasteiger partial charge in [-0.05, 0) is 25.1 Å². The molecule has 0 atom stereocenters. The summed E-state index contributed by atoms with van der Waals surface area (Å²) in [5.74, 6) is -0.466. The second-order valence-corrected chi connectivity index (χ2v) is 5.07. The molecule has 2 rings (SSSR count). The summed E-state index contributed by atoms with van der Waals surface area (Å²) in [5, 5.41) is 11.5. The van der Waals surface area contributed by atoms with E-state index in [1.807, 2.05) is 12.1 Å². The van der Waals surface area contributed by atoms with Crippen LogP contribution in [0.2, 0.25) is 0 Å². The Kier molecular flexibility index (Phi) is 4.64. The number of aliphatic carboxylic acids is 1. The van der Waals surface area contributed by atoms with Gasteiger partial charge in [-0.25, -0.2) is 4.79 Å². The third kappa shape index (κ3) is 3.25. The number of amides is 1. The summed E-state index contributed by atoms with van der Waals surface area (Å²) in [6.45, 7) is 1.40. The monoisotopic (exact) mass is 309 g/mol. The summed E-state index contributed by atoms with van der Waals surface area (Å²) in [6.07, 6.45) is -0.678. The van der Waals surface area contributed by atoms with E-state index < -0.39 is 18.6 Å². The lowest BCUT2D eigenvalue weighted by atomic mass is 10.2. The Morgan fingerprint density at radius 2 is 2.14 bits per heavy atom. The summed E-state index contributed by atoms with van der Waals surface area (Å²) >= 11 is 1.43. The number of carboxylic acid groups (broad SMARTS) is 1. The third-order valence-corrected chi connectivity index (χ3v) is 3.78. The number of hydrogen-bond donors (Lipinski definition) is 1. The molecule has 21 heavy (non-hydrogen) atoms. The lowest BCUT2D eigenvalue weighted by Crippen LogP contribution is -2.36. The van der Waals surface area contributed by atoms with Gasteiger partial charge in [0.05, 0.1) is 19.4 Å². The fourth-order valence-corrected chi connectivity index (χ4v) is 2.85. The number of methoxy groups -OCH3 is 1. The summed E-state index contributed by atoms with van der Waals surface area (Å²) < 4.78 is 11.0. The summed E-state index contributed by atoms with van der Waals surface area (Å²) in [7, 11) is 1.55. The van der Waals surface area contributed by atoms with E-state index in [1.54, 1.807) is 25.5 Å². The minimum atomic E-state index is -1.11. The highest BCUT2D eigenvalue weighted by atomic mass is 32.1. The van der Waals surface area contributed by atoms with Crippen molar-refractivity contribution < 1.29 is 24.2 Å². The van der Waals surface area contributed by atoms with Crippen LogP contribution >= 0.6 is 11.3 Å². The number of ether oxygens (including phenoxy) is 2. The van der Waals surface area contributed by atoms with E-state index in [-0.39, 0.29) is 6.61 Å². The van der Waals surface area contributed by atoms with Gasteiger partial charge in [0, 0.05) is 15.5 Å². The molecule has 0 aliphatic rings. The van der Waals surface area contributed by atoms with Crippen LogP contribution in [0.15, 0.2) is 23.6 Å². The van der Waals surface area contributed by atoms with Crippen molar-refractivity contribution in [2.75, 3.05) is 25.2 Å². The average Bonchev–Trinajstić information content (AvgIpc) is 2.87. The van der Waals surface area contributed by atoms with Crippen LogP contribution in [-0.4, -0.2) is 37.4 Å². The molecule has 1 aromatic heterocycles. The molecule has 0 radical (unpaired) electrons. The van der Waals surface area contributed by atoms with E-state index in [1.165, 1.54) is 11.3 Å². The van der Waals surface area contributed by atoms with Crippen molar-refractivity contribution in [3.63, 3.8) is 0 Å². The van der Waals surface area contributed by atoms with Crippen LogP contribution in [-0.2, 0) is 9.53 Å². The molecular weight excluding hydrogens is 294 g/mol. The van der Waals surface area contributed by atoms with E-state index >= 15 is 0 Å². The van der Waals surface area contributed by atoms with Gasteiger partial charge in [0.2, 0.25) is 0 Å². The molecule has 0 saturated carbocycles. The van der Waals surface area contributed by atoms with Crippen molar-refractivity contribution in [1.29, 1.82) is 0 Å². The molecule has 1 heterocycles. The van der Waals surface area contributed by atoms with Gasteiger partial charge in [-0.2, -0.15) is 0 Å². The van der Waals surface area contributed by atoms with Crippen molar-refractivity contribution in [1.82, 2.24) is 0 Å². The van der Waals surface area contributed by atoms with Crippen LogP contribution < -0.4 is 9.64 Å². The van der Waals surface area contributed by atoms with Crippen LogP contribution in [0.4, 0.5) is 10.5 Å². The molecule has 0 aliphatic heterocycles. The number of benzene rings is 1. The van der Waals surface area contributed by atoms with Gasteiger partial charge >= 0.3 is 12.1 Å². The first-order valence-corrected chi connectivity index (χ1v) is 7.16. The fourth-order valence-electron chi connectivity index (χ4n) is 1.92. The van der Waals surface area contributed by atoms with Gasteiger partial charge in [-0.3, -0.25) is 9.69 Å². The maximum Gasteiger partial charge on any atom is 0.414 e. The van der Waals surface area contributed by atoms with Gasteiger partial charge < -0.3 is 14.6 Å². The van der Waals surface area contributed by atoms with Gasteiger partial charge in [0.15, 0.2) is 0 Å². The molecule has 0 fully saturated rings. The van der Waals surface area contributed by atoms with E-state index in [0.29, 0.717) is 11.4 Å². The number of anilines is 1. The molecule has 112 valence electrons. The predicted octanol–water partition coefficient (Wildman–Crippen LogP) is 2.96. The molecular formula is C14H15NO5S. The van der Waals surface area contributed by atoms with E-state index in [9.17, 15) is 9.59 Å². The first kappa shape index (κ1) is 15.1. The molecule has 6 nitrogen and oxygen atoms in total. The zero-order chi connectivity index (χ0) is 15.4. The zero-order valence-corrected chi connectivity index (χ0v) is 12.5. The maximum absolute atomic E-state index is 12.0. The molecule has 1 amide bonds. The molecule has 0 bridgehead atoms. The van der Waals surface area contributed by atoms with Crippen molar-refractivity contribution in [2.24, 2.45) is 0 Å². The number of rotatable bonds is 5. The van der Waals surface area contributed by atoms with E-state index in [2.05, 4.69) is 0 Å². The number of carbonyl (C=O) groups excluding carboxylic acids is 1. The van der Waals surface area contributed by atoms with Gasteiger partial charge in [-0.15, -0.1) is 11.3 Å². The summed E-state index contributed by atoms with van der Waals surface area (Å²) in [5.41, 5.74) is 0.509. The number of nitrogens with zero attached hydrogens (tertiary/aromatic N) is 1. The minimum absolute atomic E-state index is 0.181. The fraction of sp³-hybridized carbons (Fsp3) is 0.286. The summed E-state index contributed by atoms with van der Waals surface area (Å²) in [6, 6.07) is 5.45. The lowest BCUT2D eigenvalue weighted by molar-refractivity contribution is -0.135. The molecule has 0 aliphatic carbocycles. The number of fused-ring (bicyclic) bond motifs is 1. The molecule has 7 heteroatoms. The quantitative estimate of drug-likeness (QED) is 0.919. The zero-order valence-electron chi connectivity index (χ0n) is 11.7. The van der Waals surface area contributed by atoms with Crippen LogP contribution in [0.25, 0.3) is 10.1 Å². The van der Waals surface area contributed by atoms with Crippen molar-refractivity contribution >= 4 is 39.2 Å². The Morgan fingerprint density at radius 1 is 1.38 bits per heavy atom. The molecule has 1 N–H and O–H groups in total. The highest BCUT2D eigenvalue weighted by Gasteiger charge is 2.23. The Labute approximate surface area is 125 Å². The normalized spacial score (nSPS) is 10.4. The Morgan fingerprint density at radius 3 is 2.76 bits per heavy atom. The van der Waals surface area contributed by atoms with Crippen LogP contribution in [0.3, 0.4) is 0 Å². The smallest absolute Gasteiger partial charge is 0.414 e.